The number of nitrogen functional groups attached to an aromatic ring is 1. The second-order valence-electron chi connectivity index (χ2n) is 4.20. The van der Waals surface area contributed by atoms with E-state index in [2.05, 4.69) is 27.3 Å². The molecule has 0 saturated heterocycles. The van der Waals surface area contributed by atoms with E-state index in [9.17, 15) is 4.79 Å². The molecule has 1 amide bonds. The van der Waals surface area contributed by atoms with Crippen molar-refractivity contribution in [2.45, 2.75) is 6.54 Å². The predicted octanol–water partition coefficient (Wildman–Crippen LogP) is 2.83. The third-order valence-corrected chi connectivity index (χ3v) is 3.67. The summed E-state index contributed by atoms with van der Waals surface area (Å²) in [4.78, 5) is 12.1. The second kappa shape index (κ2) is 6.22. The van der Waals surface area contributed by atoms with E-state index in [1.165, 1.54) is 0 Å². The molecule has 0 radical (unpaired) electrons. The fourth-order valence-corrected chi connectivity index (χ4v) is 2.20. The van der Waals surface area contributed by atoms with Crippen LogP contribution in [0.2, 0.25) is 0 Å². The van der Waals surface area contributed by atoms with E-state index in [-0.39, 0.29) is 5.91 Å². The highest BCUT2D eigenvalue weighted by Crippen LogP contribution is 2.23. The molecule has 0 aliphatic heterocycles. The van der Waals surface area contributed by atoms with Crippen molar-refractivity contribution in [1.82, 2.24) is 5.32 Å². The van der Waals surface area contributed by atoms with Crippen LogP contribution < -0.4 is 11.1 Å². The maximum absolute atomic E-state index is 12.1. The van der Waals surface area contributed by atoms with Gasteiger partial charge < -0.3 is 11.1 Å². The zero-order valence-electron chi connectivity index (χ0n) is 10.6. The highest BCUT2D eigenvalue weighted by atomic mass is 79.9. The molecule has 2 aromatic carbocycles. The third kappa shape index (κ3) is 3.16. The Morgan fingerprint density at radius 3 is 2.80 bits per heavy atom. The molecule has 0 saturated carbocycles. The van der Waals surface area contributed by atoms with Crippen LogP contribution in [0.1, 0.15) is 21.5 Å². The van der Waals surface area contributed by atoms with E-state index < -0.39 is 0 Å². The van der Waals surface area contributed by atoms with E-state index in [1.54, 1.807) is 36.4 Å². The van der Waals surface area contributed by atoms with Crippen LogP contribution in [0.25, 0.3) is 0 Å². The van der Waals surface area contributed by atoms with Crippen molar-refractivity contribution >= 4 is 27.5 Å². The van der Waals surface area contributed by atoms with Gasteiger partial charge in [-0.05, 0) is 45.8 Å². The smallest absolute Gasteiger partial charge is 0.252 e. The maximum Gasteiger partial charge on any atom is 0.252 e. The molecule has 20 heavy (non-hydrogen) atoms. The lowest BCUT2D eigenvalue weighted by Gasteiger charge is -2.08. The number of nitrogens with one attached hydrogen (secondary N) is 1. The van der Waals surface area contributed by atoms with Gasteiger partial charge >= 0.3 is 0 Å². The third-order valence-electron chi connectivity index (χ3n) is 2.78. The Balaban J connectivity index is 2.09. The lowest BCUT2D eigenvalue weighted by molar-refractivity contribution is 0.0950. The number of benzene rings is 2. The summed E-state index contributed by atoms with van der Waals surface area (Å²) in [5.41, 5.74) is 8.19. The molecule has 4 nitrogen and oxygen atoms in total. The van der Waals surface area contributed by atoms with Crippen molar-refractivity contribution in [1.29, 1.82) is 5.26 Å². The van der Waals surface area contributed by atoms with Crippen LogP contribution in [0, 0.1) is 11.3 Å². The summed E-state index contributed by atoms with van der Waals surface area (Å²) in [5.74, 6) is -0.216. The zero-order valence-corrected chi connectivity index (χ0v) is 12.1. The number of carbonyl (C=O) groups is 1. The number of rotatable bonds is 3. The molecule has 5 heteroatoms. The lowest BCUT2D eigenvalue weighted by atomic mass is 10.1. The molecule has 0 aliphatic rings. The van der Waals surface area contributed by atoms with Crippen LogP contribution in [0.3, 0.4) is 0 Å². The fraction of sp³-hybridized carbons (Fsp3) is 0.0667. The molecule has 0 aliphatic carbocycles. The number of nitriles is 1. The van der Waals surface area contributed by atoms with E-state index in [1.807, 2.05) is 6.07 Å². The molecule has 0 fully saturated rings. The van der Waals surface area contributed by atoms with Gasteiger partial charge in [0.25, 0.3) is 5.91 Å². The standard InChI is InChI=1S/C15H12BrN3O/c16-14-12(5-2-6-13(14)18)15(20)19-9-11-4-1-3-10(7-11)8-17/h1-7H,9,18H2,(H,19,20). The van der Waals surface area contributed by atoms with Gasteiger partial charge in [0, 0.05) is 12.2 Å². The Kier molecular flexibility index (Phi) is 4.38. The molecule has 2 aromatic rings. The Hall–Kier alpha value is -2.32. The SMILES string of the molecule is N#Cc1cccc(CNC(=O)c2cccc(N)c2Br)c1. The molecule has 3 N–H and O–H groups in total. The summed E-state index contributed by atoms with van der Waals surface area (Å²) < 4.78 is 0.586. The van der Waals surface area contributed by atoms with Gasteiger partial charge in [-0.15, -0.1) is 0 Å². The van der Waals surface area contributed by atoms with E-state index >= 15 is 0 Å². The normalized spacial score (nSPS) is 9.80. The Morgan fingerprint density at radius 1 is 1.30 bits per heavy atom. The highest BCUT2D eigenvalue weighted by Gasteiger charge is 2.11. The van der Waals surface area contributed by atoms with E-state index in [4.69, 9.17) is 11.0 Å². The minimum absolute atomic E-state index is 0.216. The summed E-state index contributed by atoms with van der Waals surface area (Å²) >= 11 is 3.30. The fourth-order valence-electron chi connectivity index (χ4n) is 1.75. The van der Waals surface area contributed by atoms with Gasteiger partial charge in [0.2, 0.25) is 0 Å². The minimum Gasteiger partial charge on any atom is -0.398 e. The summed E-state index contributed by atoms with van der Waals surface area (Å²) in [6.07, 6.45) is 0. The van der Waals surface area contributed by atoms with Gasteiger partial charge in [0.05, 0.1) is 21.7 Å². The van der Waals surface area contributed by atoms with Crippen molar-refractivity contribution in [2.24, 2.45) is 0 Å². The quantitative estimate of drug-likeness (QED) is 0.850. The van der Waals surface area contributed by atoms with Crippen LogP contribution in [0.5, 0.6) is 0 Å². The van der Waals surface area contributed by atoms with Crippen molar-refractivity contribution in [3.63, 3.8) is 0 Å². The van der Waals surface area contributed by atoms with Crippen molar-refractivity contribution < 1.29 is 4.79 Å². The number of nitrogens with two attached hydrogens (primary N) is 1. The summed E-state index contributed by atoms with van der Waals surface area (Å²) in [7, 11) is 0. The number of carbonyl (C=O) groups excluding carboxylic acids is 1. The number of hydrogen-bond donors (Lipinski definition) is 2. The molecular weight excluding hydrogens is 318 g/mol. The monoisotopic (exact) mass is 329 g/mol. The predicted molar refractivity (Wildman–Crippen MR) is 80.9 cm³/mol. The number of halogens is 1. The summed E-state index contributed by atoms with van der Waals surface area (Å²) in [6, 6.07) is 14.3. The van der Waals surface area contributed by atoms with Crippen LogP contribution in [0.15, 0.2) is 46.9 Å². The Bertz CT molecular complexity index is 692. The van der Waals surface area contributed by atoms with Gasteiger partial charge in [0.1, 0.15) is 0 Å². The first-order valence-corrected chi connectivity index (χ1v) is 6.72. The zero-order chi connectivity index (χ0) is 14.5. The first-order chi connectivity index (χ1) is 9.61. The summed E-state index contributed by atoms with van der Waals surface area (Å²) in [5, 5.41) is 11.6. The van der Waals surface area contributed by atoms with Gasteiger partial charge in [-0.2, -0.15) is 5.26 Å². The van der Waals surface area contributed by atoms with Crippen LogP contribution in [-0.2, 0) is 6.54 Å². The first kappa shape index (κ1) is 14.1. The molecule has 0 unspecified atom stereocenters. The lowest BCUT2D eigenvalue weighted by Crippen LogP contribution is -2.23. The molecule has 0 atom stereocenters. The molecule has 2 rings (SSSR count). The largest absolute Gasteiger partial charge is 0.398 e. The summed E-state index contributed by atoms with van der Waals surface area (Å²) in [6.45, 7) is 0.357. The number of amides is 1. The van der Waals surface area contributed by atoms with Gasteiger partial charge in [-0.25, -0.2) is 0 Å². The molecule has 0 spiro atoms. The number of hydrogen-bond acceptors (Lipinski definition) is 3. The average Bonchev–Trinajstić information content (AvgIpc) is 2.48. The van der Waals surface area contributed by atoms with Crippen molar-refractivity contribution in [2.75, 3.05) is 5.73 Å². The first-order valence-electron chi connectivity index (χ1n) is 5.93. The number of nitrogens with zero attached hydrogens (tertiary/aromatic N) is 1. The van der Waals surface area contributed by atoms with Gasteiger partial charge in [-0.3, -0.25) is 4.79 Å². The maximum atomic E-state index is 12.1. The van der Waals surface area contributed by atoms with E-state index in [0.29, 0.717) is 27.8 Å². The van der Waals surface area contributed by atoms with Gasteiger partial charge in [0.15, 0.2) is 0 Å². The number of anilines is 1. The van der Waals surface area contributed by atoms with Crippen LogP contribution >= 0.6 is 15.9 Å². The highest BCUT2D eigenvalue weighted by molar-refractivity contribution is 9.10. The molecule has 100 valence electrons. The van der Waals surface area contributed by atoms with E-state index in [0.717, 1.165) is 5.56 Å². The average molecular weight is 330 g/mol. The molecule has 0 heterocycles. The molecular formula is C15H12BrN3O. The molecule has 0 aromatic heterocycles. The van der Waals surface area contributed by atoms with Crippen molar-refractivity contribution in [3.05, 3.63) is 63.6 Å². The van der Waals surface area contributed by atoms with Crippen LogP contribution in [0.4, 0.5) is 5.69 Å². The minimum atomic E-state index is -0.216. The Labute approximate surface area is 125 Å². The van der Waals surface area contributed by atoms with Crippen LogP contribution in [-0.4, -0.2) is 5.91 Å². The van der Waals surface area contributed by atoms with Gasteiger partial charge in [-0.1, -0.05) is 18.2 Å². The Morgan fingerprint density at radius 2 is 2.05 bits per heavy atom. The molecule has 0 bridgehead atoms. The second-order valence-corrected chi connectivity index (χ2v) is 5.00. The van der Waals surface area contributed by atoms with Crippen molar-refractivity contribution in [3.8, 4) is 6.07 Å². The topological polar surface area (TPSA) is 78.9 Å².